The highest BCUT2D eigenvalue weighted by Gasteiger charge is 2.36. The predicted octanol–water partition coefficient (Wildman–Crippen LogP) is 3.58. The molecule has 0 saturated heterocycles. The molecule has 23 heavy (non-hydrogen) atoms. The molecule has 1 fully saturated rings. The fraction of sp³-hybridized carbons (Fsp3) is 0.579. The molecule has 4 heteroatoms. The first-order valence-corrected chi connectivity index (χ1v) is 8.55. The number of nitrogens with one attached hydrogen (secondary N) is 1. The number of carbonyl (C=O) groups is 2. The molecule has 1 aliphatic carbocycles. The van der Waals surface area contributed by atoms with Crippen LogP contribution >= 0.6 is 0 Å². The molecule has 126 valence electrons. The van der Waals surface area contributed by atoms with Gasteiger partial charge < -0.3 is 10.4 Å². The Bertz CT molecular complexity index is 531. The number of carboxylic acids is 1. The third kappa shape index (κ3) is 4.12. The maximum Gasteiger partial charge on any atom is 0.311 e. The van der Waals surface area contributed by atoms with Crippen LogP contribution in [0.3, 0.4) is 0 Å². The number of aliphatic carboxylic acids is 1. The van der Waals surface area contributed by atoms with E-state index < -0.39 is 11.4 Å². The Morgan fingerprint density at radius 1 is 1.17 bits per heavy atom. The molecule has 0 aliphatic heterocycles. The lowest BCUT2D eigenvalue weighted by molar-refractivity contribution is -0.149. The fourth-order valence-electron chi connectivity index (χ4n) is 3.38. The van der Waals surface area contributed by atoms with Gasteiger partial charge in [-0.2, -0.15) is 0 Å². The summed E-state index contributed by atoms with van der Waals surface area (Å²) >= 11 is 0. The number of hydrogen-bond acceptors (Lipinski definition) is 2. The molecule has 1 amide bonds. The molecule has 2 N–H and O–H groups in total. The predicted molar refractivity (Wildman–Crippen MR) is 90.2 cm³/mol. The van der Waals surface area contributed by atoms with Crippen LogP contribution in [0.1, 0.15) is 57.4 Å². The van der Waals surface area contributed by atoms with E-state index in [4.69, 9.17) is 0 Å². The van der Waals surface area contributed by atoms with Gasteiger partial charge in [-0.3, -0.25) is 9.59 Å². The Morgan fingerprint density at radius 3 is 2.30 bits per heavy atom. The largest absolute Gasteiger partial charge is 0.481 e. The van der Waals surface area contributed by atoms with E-state index in [1.54, 1.807) is 0 Å². The van der Waals surface area contributed by atoms with E-state index >= 15 is 0 Å². The molecule has 1 aromatic carbocycles. The van der Waals surface area contributed by atoms with Crippen LogP contribution < -0.4 is 5.32 Å². The molecular formula is C19H27NO3. The first kappa shape index (κ1) is 17.5. The molecule has 1 saturated carbocycles. The first-order valence-electron chi connectivity index (χ1n) is 8.55. The number of hydrogen-bond donors (Lipinski definition) is 2. The lowest BCUT2D eigenvalue weighted by Gasteiger charge is -2.35. The molecule has 2 rings (SSSR count). The van der Waals surface area contributed by atoms with Gasteiger partial charge in [-0.05, 0) is 43.1 Å². The zero-order valence-corrected chi connectivity index (χ0v) is 14.0. The summed E-state index contributed by atoms with van der Waals surface area (Å²) in [5, 5.41) is 12.2. The van der Waals surface area contributed by atoms with Gasteiger partial charge in [0.2, 0.25) is 5.91 Å². The van der Waals surface area contributed by atoms with Crippen molar-refractivity contribution in [1.82, 2.24) is 5.32 Å². The molecule has 1 aliphatic rings. The van der Waals surface area contributed by atoms with Crippen LogP contribution in [0.25, 0.3) is 0 Å². The van der Waals surface area contributed by atoms with E-state index in [9.17, 15) is 14.7 Å². The van der Waals surface area contributed by atoms with Gasteiger partial charge in [0.15, 0.2) is 0 Å². The van der Waals surface area contributed by atoms with Crippen LogP contribution in [0.4, 0.5) is 0 Å². The third-order valence-electron chi connectivity index (χ3n) is 5.41. The van der Waals surface area contributed by atoms with E-state index in [0.717, 1.165) is 12.8 Å². The molecule has 0 unspecified atom stereocenters. The van der Waals surface area contributed by atoms with Gasteiger partial charge in [-0.15, -0.1) is 0 Å². The monoisotopic (exact) mass is 317 g/mol. The summed E-state index contributed by atoms with van der Waals surface area (Å²) in [5.74, 6) is 0.144. The van der Waals surface area contributed by atoms with Gasteiger partial charge in [0.25, 0.3) is 0 Å². The van der Waals surface area contributed by atoms with Gasteiger partial charge >= 0.3 is 5.97 Å². The van der Waals surface area contributed by atoms with Gasteiger partial charge in [0, 0.05) is 13.0 Å². The van der Waals surface area contributed by atoms with Gasteiger partial charge in [0.1, 0.15) is 0 Å². The standard InChI is InChI=1S/C19H27NO3/c1-3-19(4-2,18(22)23)13-20-17(21)12-14-10-16(11-14)15-8-6-5-7-9-15/h5-9,14,16H,3-4,10-13H2,1-2H3,(H,20,21)(H,22,23). The Kier molecular flexibility index (Phi) is 5.80. The topological polar surface area (TPSA) is 66.4 Å². The van der Waals surface area contributed by atoms with Crippen LogP contribution in [-0.2, 0) is 9.59 Å². The number of benzene rings is 1. The second-order valence-electron chi connectivity index (χ2n) is 6.72. The highest BCUT2D eigenvalue weighted by molar-refractivity contribution is 5.79. The Balaban J connectivity index is 1.75. The zero-order valence-electron chi connectivity index (χ0n) is 14.0. The van der Waals surface area contributed by atoms with Crippen molar-refractivity contribution in [3.05, 3.63) is 35.9 Å². The van der Waals surface area contributed by atoms with E-state index in [0.29, 0.717) is 31.1 Å². The van der Waals surface area contributed by atoms with Gasteiger partial charge in [0.05, 0.1) is 5.41 Å². The summed E-state index contributed by atoms with van der Waals surface area (Å²) in [5.41, 5.74) is 0.521. The minimum absolute atomic E-state index is 0.0194. The molecular weight excluding hydrogens is 290 g/mol. The second kappa shape index (κ2) is 7.62. The Labute approximate surface area is 138 Å². The minimum Gasteiger partial charge on any atom is -0.481 e. The quantitative estimate of drug-likeness (QED) is 0.770. The average molecular weight is 317 g/mol. The molecule has 1 aromatic rings. The molecule has 0 atom stereocenters. The summed E-state index contributed by atoms with van der Waals surface area (Å²) in [6, 6.07) is 10.4. The van der Waals surface area contributed by atoms with Crippen molar-refractivity contribution in [2.75, 3.05) is 6.54 Å². The van der Waals surface area contributed by atoms with Crippen molar-refractivity contribution >= 4 is 11.9 Å². The second-order valence-corrected chi connectivity index (χ2v) is 6.72. The maximum atomic E-state index is 12.1. The van der Waals surface area contributed by atoms with Crippen molar-refractivity contribution in [1.29, 1.82) is 0 Å². The molecule has 0 radical (unpaired) electrons. The zero-order chi connectivity index (χ0) is 16.9. The highest BCUT2D eigenvalue weighted by Crippen LogP contribution is 2.43. The lowest BCUT2D eigenvalue weighted by Crippen LogP contribution is -2.43. The van der Waals surface area contributed by atoms with Crippen molar-refractivity contribution in [2.24, 2.45) is 11.3 Å². The minimum atomic E-state index is -0.832. The summed E-state index contributed by atoms with van der Waals surface area (Å²) < 4.78 is 0. The Morgan fingerprint density at radius 2 is 1.78 bits per heavy atom. The molecule has 0 aromatic heterocycles. The lowest BCUT2D eigenvalue weighted by atomic mass is 9.70. The average Bonchev–Trinajstić information content (AvgIpc) is 2.52. The number of carbonyl (C=O) groups excluding carboxylic acids is 1. The summed E-state index contributed by atoms with van der Waals surface area (Å²) in [7, 11) is 0. The van der Waals surface area contributed by atoms with E-state index in [-0.39, 0.29) is 12.5 Å². The molecule has 4 nitrogen and oxygen atoms in total. The summed E-state index contributed by atoms with van der Waals surface area (Å²) in [4.78, 5) is 23.5. The fourth-order valence-corrected chi connectivity index (χ4v) is 3.38. The van der Waals surface area contributed by atoms with Crippen LogP contribution in [0, 0.1) is 11.3 Å². The normalized spacial score (nSPS) is 20.6. The van der Waals surface area contributed by atoms with Crippen molar-refractivity contribution < 1.29 is 14.7 Å². The number of carboxylic acid groups (broad SMARTS) is 1. The molecule has 0 heterocycles. The van der Waals surface area contributed by atoms with Crippen LogP contribution in [-0.4, -0.2) is 23.5 Å². The molecule has 0 spiro atoms. The number of amides is 1. The van der Waals surface area contributed by atoms with Crippen molar-refractivity contribution in [3.63, 3.8) is 0 Å². The van der Waals surface area contributed by atoms with Crippen LogP contribution in [0.5, 0.6) is 0 Å². The van der Waals surface area contributed by atoms with Crippen LogP contribution in [0.15, 0.2) is 30.3 Å². The van der Waals surface area contributed by atoms with Gasteiger partial charge in [-0.1, -0.05) is 44.2 Å². The first-order chi connectivity index (χ1) is 11.0. The maximum absolute atomic E-state index is 12.1. The van der Waals surface area contributed by atoms with Gasteiger partial charge in [-0.25, -0.2) is 0 Å². The van der Waals surface area contributed by atoms with E-state index in [2.05, 4.69) is 29.6 Å². The van der Waals surface area contributed by atoms with E-state index in [1.165, 1.54) is 5.56 Å². The van der Waals surface area contributed by atoms with Crippen LogP contribution in [0.2, 0.25) is 0 Å². The van der Waals surface area contributed by atoms with Crippen molar-refractivity contribution in [2.45, 2.75) is 51.9 Å². The van der Waals surface area contributed by atoms with E-state index in [1.807, 2.05) is 19.9 Å². The summed E-state index contributed by atoms with van der Waals surface area (Å²) in [6.07, 6.45) is 3.65. The smallest absolute Gasteiger partial charge is 0.311 e. The third-order valence-corrected chi connectivity index (χ3v) is 5.41. The highest BCUT2D eigenvalue weighted by atomic mass is 16.4. The van der Waals surface area contributed by atoms with Crippen molar-refractivity contribution in [3.8, 4) is 0 Å². The molecule has 0 bridgehead atoms. The Hall–Kier alpha value is -1.84. The number of rotatable bonds is 8. The summed E-state index contributed by atoms with van der Waals surface area (Å²) in [6.45, 7) is 3.95. The SMILES string of the molecule is CCC(CC)(CNC(=O)CC1CC(c2ccccc2)C1)C(=O)O.